The number of carbonyl (C=O) groups excluding carboxylic acids is 2. The van der Waals surface area contributed by atoms with Crippen molar-refractivity contribution in [1.82, 2.24) is 4.98 Å². The van der Waals surface area contributed by atoms with Gasteiger partial charge in [-0.1, -0.05) is 48.5 Å². The highest BCUT2D eigenvalue weighted by Gasteiger charge is 2.16. The fourth-order valence-corrected chi connectivity index (χ4v) is 4.45. The number of esters is 2. The Morgan fingerprint density at radius 2 is 1.93 bits per heavy atom. The number of nitrogens with zero attached hydrogens (tertiary/aromatic N) is 1. The summed E-state index contributed by atoms with van der Waals surface area (Å²) in [5, 5.41) is 3.36. The molecule has 0 saturated heterocycles. The van der Waals surface area contributed by atoms with E-state index in [2.05, 4.69) is 22.2 Å². The quantitative estimate of drug-likeness (QED) is 0.158. The van der Waals surface area contributed by atoms with Gasteiger partial charge >= 0.3 is 11.9 Å². The Bertz CT molecular complexity index is 1310. The molecular weight excluding hydrogens is 511 g/mol. The third-order valence-electron chi connectivity index (χ3n) is 6.62. The Kier molecular flexibility index (Phi) is 10.7. The van der Waals surface area contributed by atoms with E-state index in [9.17, 15) is 14.0 Å². The summed E-state index contributed by atoms with van der Waals surface area (Å²) in [7, 11) is 1.22. The maximum atomic E-state index is 14.7. The van der Waals surface area contributed by atoms with E-state index >= 15 is 0 Å². The molecule has 4 rings (SSSR count). The van der Waals surface area contributed by atoms with Crippen molar-refractivity contribution < 1.29 is 28.2 Å². The molecule has 0 radical (unpaired) electrons. The second kappa shape index (κ2) is 14.8. The lowest BCUT2D eigenvalue weighted by atomic mass is 10.0. The third kappa shape index (κ3) is 8.93. The predicted octanol–water partition coefficient (Wildman–Crippen LogP) is 6.06. The first-order valence-electron chi connectivity index (χ1n) is 13.6. The predicted molar refractivity (Wildman–Crippen MR) is 151 cm³/mol. The largest absolute Gasteiger partial charge is 0.486 e. The van der Waals surface area contributed by atoms with Crippen LogP contribution >= 0.6 is 0 Å². The Hall–Kier alpha value is -4.20. The van der Waals surface area contributed by atoms with E-state index in [1.807, 2.05) is 30.3 Å². The maximum absolute atomic E-state index is 14.7. The molecule has 1 aliphatic rings. The molecule has 40 heavy (non-hydrogen) atoms. The summed E-state index contributed by atoms with van der Waals surface area (Å²) in [4.78, 5) is 28.5. The van der Waals surface area contributed by atoms with Gasteiger partial charge in [-0.15, -0.1) is 0 Å². The Morgan fingerprint density at radius 1 is 1.07 bits per heavy atom. The number of unbranched alkanes of at least 4 members (excludes halogenated alkanes) is 1. The summed E-state index contributed by atoms with van der Waals surface area (Å²) in [6.07, 6.45) is 7.53. The van der Waals surface area contributed by atoms with Gasteiger partial charge in [0.25, 0.3) is 0 Å². The molecule has 1 atom stereocenters. The van der Waals surface area contributed by atoms with Crippen LogP contribution in [0.5, 0.6) is 5.75 Å². The number of aryl methyl sites for hydroxylation is 2. The summed E-state index contributed by atoms with van der Waals surface area (Å²) in [6, 6.07) is 18.4. The van der Waals surface area contributed by atoms with Gasteiger partial charge in [0, 0.05) is 12.2 Å². The number of methoxy groups -OCH3 is 1. The summed E-state index contributed by atoms with van der Waals surface area (Å²) < 4.78 is 30.4. The maximum Gasteiger partial charge on any atom is 0.317 e. The van der Waals surface area contributed by atoms with E-state index in [1.165, 1.54) is 18.7 Å². The molecule has 1 aliphatic heterocycles. The molecule has 0 unspecified atom stereocenters. The third-order valence-corrected chi connectivity index (χ3v) is 6.62. The van der Waals surface area contributed by atoms with Crippen LogP contribution in [0.25, 0.3) is 6.08 Å². The van der Waals surface area contributed by atoms with E-state index < -0.39 is 30.3 Å². The van der Waals surface area contributed by atoms with Crippen LogP contribution in [0.1, 0.15) is 54.5 Å². The number of anilines is 1. The molecule has 2 heterocycles. The minimum Gasteiger partial charge on any atom is -0.486 e. The molecular formula is C32H35FN2O5. The molecule has 2 aromatic carbocycles. The van der Waals surface area contributed by atoms with Crippen LogP contribution in [0.4, 0.5) is 10.2 Å². The van der Waals surface area contributed by atoms with Gasteiger partial charge in [-0.2, -0.15) is 0 Å². The lowest BCUT2D eigenvalue weighted by Gasteiger charge is -2.17. The smallest absolute Gasteiger partial charge is 0.317 e. The SMILES string of the molecule is COC(=O)CC(=O)O[C@@H](/C=C/c1ccc(OCc2ccccc2)c(F)c1)CCCCc1ccc2c(n1)NCCC2. The van der Waals surface area contributed by atoms with Crippen LogP contribution in [-0.4, -0.2) is 36.7 Å². The van der Waals surface area contributed by atoms with Gasteiger partial charge in [0.1, 0.15) is 24.9 Å². The molecule has 0 amide bonds. The number of carbonyl (C=O) groups is 2. The van der Waals surface area contributed by atoms with Crippen molar-refractivity contribution in [3.63, 3.8) is 0 Å². The number of fused-ring (bicyclic) bond motifs is 1. The van der Waals surface area contributed by atoms with Crippen molar-refractivity contribution in [1.29, 1.82) is 0 Å². The summed E-state index contributed by atoms with van der Waals surface area (Å²) in [6.45, 7) is 1.21. The van der Waals surface area contributed by atoms with Crippen molar-refractivity contribution in [2.45, 2.75) is 57.7 Å². The molecule has 0 spiro atoms. The minimum atomic E-state index is -0.667. The first-order chi connectivity index (χ1) is 19.5. The number of ether oxygens (including phenoxy) is 3. The number of nitrogens with one attached hydrogen (secondary N) is 1. The van der Waals surface area contributed by atoms with Gasteiger partial charge in [-0.3, -0.25) is 9.59 Å². The fourth-order valence-electron chi connectivity index (χ4n) is 4.45. The van der Waals surface area contributed by atoms with Gasteiger partial charge < -0.3 is 19.5 Å². The lowest BCUT2D eigenvalue weighted by molar-refractivity contribution is -0.155. The zero-order valence-electron chi connectivity index (χ0n) is 22.7. The number of pyridine rings is 1. The fraction of sp³-hybridized carbons (Fsp3) is 0.344. The van der Waals surface area contributed by atoms with E-state index in [4.69, 9.17) is 14.5 Å². The van der Waals surface area contributed by atoms with Crippen LogP contribution in [-0.2, 0) is 38.5 Å². The van der Waals surface area contributed by atoms with Crippen molar-refractivity contribution in [3.8, 4) is 5.75 Å². The monoisotopic (exact) mass is 546 g/mol. The van der Waals surface area contributed by atoms with E-state index in [1.54, 1.807) is 24.3 Å². The van der Waals surface area contributed by atoms with Crippen LogP contribution < -0.4 is 10.1 Å². The van der Waals surface area contributed by atoms with Crippen molar-refractivity contribution >= 4 is 23.8 Å². The van der Waals surface area contributed by atoms with Gasteiger partial charge in [0.2, 0.25) is 0 Å². The number of halogens is 1. The highest BCUT2D eigenvalue weighted by Crippen LogP contribution is 2.22. The number of rotatable bonds is 13. The topological polar surface area (TPSA) is 86.8 Å². The normalized spacial score (nSPS) is 13.2. The average Bonchev–Trinajstić information content (AvgIpc) is 2.97. The lowest BCUT2D eigenvalue weighted by Crippen LogP contribution is -2.19. The molecule has 0 fully saturated rings. The standard InChI is InChI=1S/C32H35FN2O5/c1-38-30(36)21-31(37)40-27(12-6-5-11-26-16-15-25-10-7-19-34-32(25)35-26)17-13-23-14-18-29(28(33)20-23)39-22-24-8-3-2-4-9-24/h2-4,8-9,13-18,20,27H,5-7,10-12,19,21-22H2,1H3,(H,34,35)/b17-13+/t27-/m1/s1. The summed E-state index contributed by atoms with van der Waals surface area (Å²) in [5.74, 6) is -0.671. The first-order valence-corrected chi connectivity index (χ1v) is 13.6. The molecule has 8 heteroatoms. The Balaban J connectivity index is 1.33. The first kappa shape index (κ1) is 28.8. The molecule has 1 N–H and O–H groups in total. The number of hydrogen-bond acceptors (Lipinski definition) is 7. The summed E-state index contributed by atoms with van der Waals surface area (Å²) in [5.41, 5.74) is 3.82. The van der Waals surface area contributed by atoms with Gasteiger partial charge in [0.05, 0.1) is 7.11 Å². The highest BCUT2D eigenvalue weighted by molar-refractivity contribution is 5.91. The summed E-state index contributed by atoms with van der Waals surface area (Å²) >= 11 is 0. The zero-order chi connectivity index (χ0) is 28.2. The van der Waals surface area contributed by atoms with Crippen molar-refractivity contribution in [2.75, 3.05) is 19.0 Å². The van der Waals surface area contributed by atoms with E-state index in [-0.39, 0.29) is 12.4 Å². The van der Waals surface area contributed by atoms with Gasteiger partial charge in [-0.25, -0.2) is 9.37 Å². The van der Waals surface area contributed by atoms with Crippen LogP contribution in [0.15, 0.2) is 66.7 Å². The van der Waals surface area contributed by atoms with Crippen LogP contribution in [0.2, 0.25) is 0 Å². The van der Waals surface area contributed by atoms with Gasteiger partial charge in [-0.05, 0) is 79.5 Å². The Labute approximate surface area is 234 Å². The van der Waals surface area contributed by atoms with Crippen LogP contribution in [0, 0.1) is 5.82 Å². The van der Waals surface area contributed by atoms with Crippen molar-refractivity contribution in [3.05, 3.63) is 94.9 Å². The van der Waals surface area contributed by atoms with Gasteiger partial charge in [0.15, 0.2) is 11.6 Å². The van der Waals surface area contributed by atoms with Crippen LogP contribution in [0.3, 0.4) is 0 Å². The molecule has 0 bridgehead atoms. The number of aromatic nitrogens is 1. The second-order valence-electron chi connectivity index (χ2n) is 9.69. The number of benzene rings is 2. The van der Waals surface area contributed by atoms with E-state index in [0.29, 0.717) is 12.0 Å². The average molecular weight is 547 g/mol. The van der Waals surface area contributed by atoms with Crippen molar-refractivity contribution in [2.24, 2.45) is 0 Å². The zero-order valence-corrected chi connectivity index (χ0v) is 22.7. The number of hydrogen-bond donors (Lipinski definition) is 1. The Morgan fingerprint density at radius 3 is 2.73 bits per heavy atom. The van der Waals surface area contributed by atoms with E-state index in [0.717, 1.165) is 55.7 Å². The second-order valence-corrected chi connectivity index (χ2v) is 9.69. The molecule has 210 valence electrons. The molecule has 3 aromatic rings. The highest BCUT2D eigenvalue weighted by atomic mass is 19.1. The molecule has 7 nitrogen and oxygen atoms in total. The molecule has 0 saturated carbocycles. The minimum absolute atomic E-state index is 0.160. The molecule has 1 aromatic heterocycles. The molecule has 0 aliphatic carbocycles.